The van der Waals surface area contributed by atoms with Crippen molar-refractivity contribution in [3.63, 3.8) is 0 Å². The van der Waals surface area contributed by atoms with Gasteiger partial charge < -0.3 is 16.0 Å². The van der Waals surface area contributed by atoms with Gasteiger partial charge in [-0.25, -0.2) is 9.67 Å². The minimum Gasteiger partial charge on any atom is -0.324 e. The maximum atomic E-state index is 4.79. The zero-order chi connectivity index (χ0) is 20.2. The van der Waals surface area contributed by atoms with Gasteiger partial charge in [0, 0.05) is 24.5 Å². The summed E-state index contributed by atoms with van der Waals surface area (Å²) < 4.78 is 2.11. The molecule has 1 aliphatic heterocycles. The summed E-state index contributed by atoms with van der Waals surface area (Å²) in [5.41, 5.74) is 3.23. The van der Waals surface area contributed by atoms with E-state index in [1.807, 2.05) is 12.4 Å². The number of rotatable bonds is 6. The Hall–Kier alpha value is -2.51. The second-order valence-corrected chi connectivity index (χ2v) is 8.58. The van der Waals surface area contributed by atoms with Crippen LogP contribution in [0.15, 0.2) is 36.7 Å². The highest BCUT2D eigenvalue weighted by Crippen LogP contribution is 2.30. The van der Waals surface area contributed by atoms with E-state index in [-0.39, 0.29) is 0 Å². The van der Waals surface area contributed by atoms with Crippen molar-refractivity contribution in [1.29, 1.82) is 0 Å². The molecule has 1 aromatic carbocycles. The third-order valence-electron chi connectivity index (χ3n) is 6.40. The van der Waals surface area contributed by atoms with Gasteiger partial charge in [0.2, 0.25) is 5.95 Å². The molecule has 30 heavy (non-hydrogen) atoms. The Bertz CT molecular complexity index is 953. The highest BCUT2D eigenvalue weighted by molar-refractivity contribution is 5.75. The fourth-order valence-corrected chi connectivity index (χ4v) is 4.61. The lowest BCUT2D eigenvalue weighted by Crippen LogP contribution is -2.39. The number of nitrogens with one attached hydrogen (secondary N) is 3. The molecule has 7 nitrogen and oxygen atoms in total. The van der Waals surface area contributed by atoms with E-state index in [4.69, 9.17) is 4.98 Å². The van der Waals surface area contributed by atoms with E-state index in [1.54, 1.807) is 0 Å². The number of anilines is 2. The van der Waals surface area contributed by atoms with Crippen LogP contribution in [-0.2, 0) is 6.54 Å². The first-order valence-electron chi connectivity index (χ1n) is 11.4. The molecular weight excluding hydrogens is 374 g/mol. The zero-order valence-electron chi connectivity index (χ0n) is 17.5. The van der Waals surface area contributed by atoms with Gasteiger partial charge in [-0.15, -0.1) is 0 Å². The van der Waals surface area contributed by atoms with E-state index in [1.165, 1.54) is 50.5 Å². The highest BCUT2D eigenvalue weighted by atomic mass is 15.3. The van der Waals surface area contributed by atoms with Crippen LogP contribution in [-0.4, -0.2) is 38.9 Å². The molecule has 3 heterocycles. The standard InChI is InChI=1S/C23H31N7/c1-2-4-21(5-3-1)30-22-18(16-27-30)15-26-23(29-22)28-20-8-6-17(7-9-20)14-25-19-10-12-24-13-11-19/h6-9,15-16,19,21,24-25H,1-5,10-14H2,(H,26,28,29). The molecule has 1 saturated carbocycles. The van der Waals surface area contributed by atoms with Gasteiger partial charge in [-0.1, -0.05) is 31.4 Å². The first-order chi connectivity index (χ1) is 14.8. The molecule has 0 bridgehead atoms. The Labute approximate surface area is 177 Å². The van der Waals surface area contributed by atoms with Crippen LogP contribution in [0.1, 0.15) is 56.6 Å². The van der Waals surface area contributed by atoms with Crippen molar-refractivity contribution in [2.45, 2.75) is 63.6 Å². The summed E-state index contributed by atoms with van der Waals surface area (Å²) in [6, 6.07) is 9.63. The average Bonchev–Trinajstić information content (AvgIpc) is 3.23. The molecule has 0 atom stereocenters. The second kappa shape index (κ2) is 9.10. The Balaban J connectivity index is 1.24. The highest BCUT2D eigenvalue weighted by Gasteiger charge is 2.19. The van der Waals surface area contributed by atoms with Gasteiger partial charge in [0.1, 0.15) is 0 Å². The molecule has 7 heteroatoms. The maximum Gasteiger partial charge on any atom is 0.229 e. The van der Waals surface area contributed by atoms with Crippen molar-refractivity contribution in [3.05, 3.63) is 42.2 Å². The van der Waals surface area contributed by atoms with E-state index in [9.17, 15) is 0 Å². The molecule has 0 unspecified atom stereocenters. The van der Waals surface area contributed by atoms with Crippen LogP contribution in [0.3, 0.4) is 0 Å². The largest absolute Gasteiger partial charge is 0.324 e. The number of aromatic nitrogens is 4. The lowest BCUT2D eigenvalue weighted by molar-refractivity contribution is 0.336. The van der Waals surface area contributed by atoms with Gasteiger partial charge in [-0.2, -0.15) is 10.1 Å². The molecule has 5 rings (SSSR count). The molecule has 2 fully saturated rings. The first-order valence-corrected chi connectivity index (χ1v) is 11.4. The third kappa shape index (κ3) is 4.47. The number of benzene rings is 1. The van der Waals surface area contributed by atoms with Gasteiger partial charge in [0.05, 0.1) is 17.6 Å². The summed E-state index contributed by atoms with van der Waals surface area (Å²) in [4.78, 5) is 9.27. The zero-order valence-corrected chi connectivity index (χ0v) is 17.5. The monoisotopic (exact) mass is 405 g/mol. The summed E-state index contributed by atoms with van der Waals surface area (Å²) in [6.45, 7) is 3.14. The summed E-state index contributed by atoms with van der Waals surface area (Å²) in [6.07, 6.45) is 12.4. The topological polar surface area (TPSA) is 79.7 Å². The van der Waals surface area contributed by atoms with Crippen molar-refractivity contribution >= 4 is 22.7 Å². The number of piperidine rings is 1. The first kappa shape index (κ1) is 19.5. The minimum atomic E-state index is 0.464. The molecule has 3 aromatic rings. The molecule has 2 aromatic heterocycles. The van der Waals surface area contributed by atoms with Crippen LogP contribution in [0, 0.1) is 0 Å². The molecule has 0 radical (unpaired) electrons. The summed E-state index contributed by atoms with van der Waals surface area (Å²) in [5, 5.41) is 16.1. The number of fused-ring (bicyclic) bond motifs is 1. The van der Waals surface area contributed by atoms with Crippen molar-refractivity contribution < 1.29 is 0 Å². The Morgan fingerprint density at radius 2 is 1.77 bits per heavy atom. The molecule has 2 aliphatic rings. The fraction of sp³-hybridized carbons (Fsp3) is 0.522. The molecule has 158 valence electrons. The van der Waals surface area contributed by atoms with Crippen molar-refractivity contribution in [2.24, 2.45) is 0 Å². The molecule has 0 amide bonds. The predicted molar refractivity (Wildman–Crippen MR) is 120 cm³/mol. The number of hydrogen-bond donors (Lipinski definition) is 3. The molecule has 0 spiro atoms. The Morgan fingerprint density at radius 3 is 2.57 bits per heavy atom. The smallest absolute Gasteiger partial charge is 0.229 e. The third-order valence-corrected chi connectivity index (χ3v) is 6.40. The average molecular weight is 406 g/mol. The van der Waals surface area contributed by atoms with E-state index >= 15 is 0 Å². The van der Waals surface area contributed by atoms with Crippen LogP contribution in [0.5, 0.6) is 0 Å². The summed E-state index contributed by atoms with van der Waals surface area (Å²) in [7, 11) is 0. The Morgan fingerprint density at radius 1 is 0.967 bits per heavy atom. The van der Waals surface area contributed by atoms with Gasteiger partial charge >= 0.3 is 0 Å². The molecule has 1 aliphatic carbocycles. The van der Waals surface area contributed by atoms with Gasteiger partial charge in [0.15, 0.2) is 5.65 Å². The van der Waals surface area contributed by atoms with E-state index in [2.05, 4.69) is 55.0 Å². The van der Waals surface area contributed by atoms with Gasteiger partial charge in [-0.3, -0.25) is 0 Å². The maximum absolute atomic E-state index is 4.79. The van der Waals surface area contributed by atoms with Crippen LogP contribution >= 0.6 is 0 Å². The fourth-order valence-electron chi connectivity index (χ4n) is 4.61. The van der Waals surface area contributed by atoms with Crippen molar-refractivity contribution in [2.75, 3.05) is 18.4 Å². The quantitative estimate of drug-likeness (QED) is 0.577. The molecule has 3 N–H and O–H groups in total. The lowest BCUT2D eigenvalue weighted by Gasteiger charge is -2.23. The van der Waals surface area contributed by atoms with Crippen molar-refractivity contribution in [3.8, 4) is 0 Å². The van der Waals surface area contributed by atoms with Crippen LogP contribution in [0.4, 0.5) is 11.6 Å². The normalized spacial score (nSPS) is 18.7. The SMILES string of the molecule is c1cc(Nc2ncc3cnn(C4CCCCC4)c3n2)ccc1CNC1CCNCC1. The minimum absolute atomic E-state index is 0.464. The van der Waals surface area contributed by atoms with E-state index in [0.29, 0.717) is 18.0 Å². The van der Waals surface area contributed by atoms with Crippen LogP contribution in [0.25, 0.3) is 11.0 Å². The lowest BCUT2D eigenvalue weighted by atomic mass is 9.96. The summed E-state index contributed by atoms with van der Waals surface area (Å²) >= 11 is 0. The molecule has 1 saturated heterocycles. The van der Waals surface area contributed by atoms with E-state index < -0.39 is 0 Å². The number of hydrogen-bond acceptors (Lipinski definition) is 6. The van der Waals surface area contributed by atoms with E-state index in [0.717, 1.165) is 36.4 Å². The van der Waals surface area contributed by atoms with Gasteiger partial charge in [-0.05, 0) is 56.5 Å². The van der Waals surface area contributed by atoms with Crippen LogP contribution < -0.4 is 16.0 Å². The summed E-state index contributed by atoms with van der Waals surface area (Å²) in [5.74, 6) is 0.626. The van der Waals surface area contributed by atoms with Gasteiger partial charge in [0.25, 0.3) is 0 Å². The second-order valence-electron chi connectivity index (χ2n) is 8.58. The van der Waals surface area contributed by atoms with Crippen LogP contribution in [0.2, 0.25) is 0 Å². The number of nitrogens with zero attached hydrogens (tertiary/aromatic N) is 4. The predicted octanol–water partition coefficient (Wildman–Crippen LogP) is 3.92. The molecular formula is C23H31N7. The Kier molecular flexibility index (Phi) is 5.90. The van der Waals surface area contributed by atoms with Crippen molar-refractivity contribution in [1.82, 2.24) is 30.4 Å².